The molecule has 0 aliphatic rings. The van der Waals surface area contributed by atoms with E-state index < -0.39 is 0 Å². The van der Waals surface area contributed by atoms with Gasteiger partial charge in [0.2, 0.25) is 0 Å². The van der Waals surface area contributed by atoms with Crippen LogP contribution in [0.15, 0.2) is 30.3 Å². The molecule has 0 amide bonds. The standard InChI is InChI=1S/C10H14OP/c1-10(2,3)11-12-9-7-5-4-6-8-9/h4-8H,1-3H3/q-1. The quantitative estimate of drug-likeness (QED) is 0.637. The SMILES string of the molecule is CC(C)(C)O[P-]c1ccccc1. The van der Waals surface area contributed by atoms with E-state index in [9.17, 15) is 0 Å². The van der Waals surface area contributed by atoms with Crippen molar-refractivity contribution in [2.75, 3.05) is 0 Å². The first-order chi connectivity index (χ1) is 5.58. The lowest BCUT2D eigenvalue weighted by Gasteiger charge is -2.32. The predicted octanol–water partition coefficient (Wildman–Crippen LogP) is 2.99. The molecule has 0 saturated heterocycles. The van der Waals surface area contributed by atoms with E-state index >= 15 is 0 Å². The Balaban J connectivity index is 2.44. The molecule has 0 aliphatic carbocycles. The van der Waals surface area contributed by atoms with Crippen LogP contribution in [0.5, 0.6) is 0 Å². The molecular formula is C10H14OP-. The second kappa shape index (κ2) is 4.02. The molecule has 0 atom stereocenters. The van der Waals surface area contributed by atoms with E-state index in [4.69, 9.17) is 4.52 Å². The monoisotopic (exact) mass is 181 g/mol. The van der Waals surface area contributed by atoms with Gasteiger partial charge in [0.15, 0.2) is 0 Å². The summed E-state index contributed by atoms with van der Waals surface area (Å²) < 4.78 is 5.59. The molecule has 0 aromatic heterocycles. The smallest absolute Gasteiger partial charge is 0.0265 e. The Morgan fingerprint density at radius 1 is 1.08 bits per heavy atom. The maximum Gasteiger partial charge on any atom is 0.0265 e. The van der Waals surface area contributed by atoms with Crippen LogP contribution in [0.3, 0.4) is 0 Å². The van der Waals surface area contributed by atoms with Crippen molar-refractivity contribution in [3.05, 3.63) is 30.3 Å². The second-order valence-electron chi connectivity index (χ2n) is 3.63. The van der Waals surface area contributed by atoms with E-state index in [1.807, 2.05) is 18.2 Å². The average Bonchev–Trinajstić information content (AvgIpc) is 2.02. The summed E-state index contributed by atoms with van der Waals surface area (Å²) in [4.78, 5) is 0. The van der Waals surface area contributed by atoms with Crippen molar-refractivity contribution < 1.29 is 4.52 Å². The van der Waals surface area contributed by atoms with Crippen LogP contribution in [0.25, 0.3) is 0 Å². The zero-order valence-electron chi connectivity index (χ0n) is 7.74. The lowest BCUT2D eigenvalue weighted by Crippen LogP contribution is -2.15. The molecule has 12 heavy (non-hydrogen) atoms. The summed E-state index contributed by atoms with van der Waals surface area (Å²) in [7, 11) is 0.942. The maximum atomic E-state index is 5.59. The minimum Gasteiger partial charge on any atom is -0.549 e. The van der Waals surface area contributed by atoms with Gasteiger partial charge < -0.3 is 13.3 Å². The van der Waals surface area contributed by atoms with Crippen LogP contribution in [0.4, 0.5) is 0 Å². The fourth-order valence-corrected chi connectivity index (χ4v) is 1.35. The average molecular weight is 181 g/mol. The number of hydrogen-bond donors (Lipinski definition) is 0. The number of hydrogen-bond acceptors (Lipinski definition) is 1. The Kier molecular flexibility index (Phi) is 3.25. The van der Waals surface area contributed by atoms with Crippen LogP contribution in [0.2, 0.25) is 0 Å². The highest BCUT2D eigenvalue weighted by atomic mass is 31.1. The van der Waals surface area contributed by atoms with Gasteiger partial charge in [0.25, 0.3) is 0 Å². The Hall–Kier alpha value is -0.390. The topological polar surface area (TPSA) is 9.23 Å². The molecule has 0 fully saturated rings. The third-order valence-corrected chi connectivity index (χ3v) is 2.33. The normalized spacial score (nSPS) is 12.6. The molecule has 0 unspecified atom stereocenters. The van der Waals surface area contributed by atoms with Gasteiger partial charge in [-0.15, -0.1) is 0 Å². The van der Waals surface area contributed by atoms with Gasteiger partial charge in [-0.3, -0.25) is 0 Å². The third kappa shape index (κ3) is 3.85. The summed E-state index contributed by atoms with van der Waals surface area (Å²) in [5.74, 6) is 0. The Morgan fingerprint density at radius 2 is 1.67 bits per heavy atom. The minimum absolute atomic E-state index is 0.0581. The lowest BCUT2D eigenvalue weighted by atomic mass is 10.2. The zero-order valence-corrected chi connectivity index (χ0v) is 8.64. The predicted molar refractivity (Wildman–Crippen MR) is 53.8 cm³/mol. The van der Waals surface area contributed by atoms with Gasteiger partial charge in [0.05, 0.1) is 0 Å². The van der Waals surface area contributed by atoms with Gasteiger partial charge in [-0.2, -0.15) is 5.30 Å². The van der Waals surface area contributed by atoms with E-state index in [-0.39, 0.29) is 5.60 Å². The molecule has 0 aliphatic heterocycles. The second-order valence-corrected chi connectivity index (χ2v) is 4.51. The highest BCUT2D eigenvalue weighted by Gasteiger charge is 2.01. The van der Waals surface area contributed by atoms with Gasteiger partial charge in [0, 0.05) is 5.60 Å². The van der Waals surface area contributed by atoms with Crippen LogP contribution in [0.1, 0.15) is 20.8 Å². The highest BCUT2D eigenvalue weighted by Crippen LogP contribution is 2.21. The first kappa shape index (κ1) is 9.70. The van der Waals surface area contributed by atoms with Gasteiger partial charge in [-0.25, -0.2) is 0 Å². The first-order valence-electron chi connectivity index (χ1n) is 4.02. The first-order valence-corrected chi connectivity index (χ1v) is 4.83. The molecule has 0 heterocycles. The van der Waals surface area contributed by atoms with Crippen molar-refractivity contribution in [2.45, 2.75) is 26.4 Å². The number of benzene rings is 1. The molecule has 66 valence electrons. The Bertz CT molecular complexity index is 225. The maximum absolute atomic E-state index is 5.59. The van der Waals surface area contributed by atoms with Crippen LogP contribution >= 0.6 is 8.81 Å². The van der Waals surface area contributed by atoms with E-state index in [0.29, 0.717) is 0 Å². The molecule has 2 heteroatoms. The Labute approximate surface area is 76.0 Å². The summed E-state index contributed by atoms with van der Waals surface area (Å²) in [6.07, 6.45) is 0. The molecule has 0 N–H and O–H groups in total. The van der Waals surface area contributed by atoms with Gasteiger partial charge in [0.1, 0.15) is 0 Å². The summed E-state index contributed by atoms with van der Waals surface area (Å²) >= 11 is 0. The summed E-state index contributed by atoms with van der Waals surface area (Å²) in [5.41, 5.74) is -0.0581. The Morgan fingerprint density at radius 3 is 2.17 bits per heavy atom. The van der Waals surface area contributed by atoms with Crippen LogP contribution < -0.4 is 5.30 Å². The fourth-order valence-electron chi connectivity index (χ4n) is 0.678. The highest BCUT2D eigenvalue weighted by molar-refractivity contribution is 7.42. The molecule has 0 bridgehead atoms. The molecule has 1 aromatic rings. The number of rotatable bonds is 2. The van der Waals surface area contributed by atoms with Crippen molar-refractivity contribution in [1.29, 1.82) is 0 Å². The minimum atomic E-state index is -0.0581. The molecular weight excluding hydrogens is 167 g/mol. The van der Waals surface area contributed by atoms with E-state index in [1.165, 1.54) is 5.30 Å². The lowest BCUT2D eigenvalue weighted by molar-refractivity contribution is 0.159. The zero-order chi connectivity index (χ0) is 9.03. The van der Waals surface area contributed by atoms with Crippen molar-refractivity contribution >= 4 is 14.1 Å². The van der Waals surface area contributed by atoms with Gasteiger partial charge in [-0.1, -0.05) is 30.3 Å². The summed E-state index contributed by atoms with van der Waals surface area (Å²) in [6, 6.07) is 10.2. The molecule has 0 saturated carbocycles. The fraction of sp³-hybridized carbons (Fsp3) is 0.400. The summed E-state index contributed by atoms with van der Waals surface area (Å²) in [5, 5.41) is 1.20. The van der Waals surface area contributed by atoms with Crippen molar-refractivity contribution in [2.24, 2.45) is 0 Å². The van der Waals surface area contributed by atoms with Gasteiger partial charge >= 0.3 is 0 Å². The molecule has 1 rings (SSSR count). The van der Waals surface area contributed by atoms with E-state index in [1.54, 1.807) is 0 Å². The largest absolute Gasteiger partial charge is 0.549 e. The van der Waals surface area contributed by atoms with E-state index in [2.05, 4.69) is 32.9 Å². The summed E-state index contributed by atoms with van der Waals surface area (Å²) in [6.45, 7) is 6.18. The van der Waals surface area contributed by atoms with Crippen LogP contribution in [-0.4, -0.2) is 5.60 Å². The van der Waals surface area contributed by atoms with Crippen molar-refractivity contribution in [1.82, 2.24) is 0 Å². The molecule has 1 aromatic carbocycles. The van der Waals surface area contributed by atoms with E-state index in [0.717, 1.165) is 8.81 Å². The van der Waals surface area contributed by atoms with Crippen molar-refractivity contribution in [3.8, 4) is 0 Å². The van der Waals surface area contributed by atoms with Crippen molar-refractivity contribution in [3.63, 3.8) is 0 Å². The molecule has 1 nitrogen and oxygen atoms in total. The van der Waals surface area contributed by atoms with Crippen LogP contribution in [-0.2, 0) is 4.52 Å². The molecule has 0 spiro atoms. The van der Waals surface area contributed by atoms with Gasteiger partial charge in [-0.05, 0) is 20.8 Å². The third-order valence-electron chi connectivity index (χ3n) is 1.18. The van der Waals surface area contributed by atoms with Crippen LogP contribution in [0, 0.1) is 0 Å². The molecule has 0 radical (unpaired) electrons.